The zero-order chi connectivity index (χ0) is 30.1. The van der Waals surface area contributed by atoms with Gasteiger partial charge in [-0.05, 0) is 67.9 Å². The number of carbonyl (C=O) groups is 2. The topological polar surface area (TPSA) is 114 Å². The van der Waals surface area contributed by atoms with Crippen molar-refractivity contribution in [1.29, 1.82) is 0 Å². The van der Waals surface area contributed by atoms with Crippen LogP contribution >= 0.6 is 35.0 Å². The third-order valence-corrected chi connectivity index (χ3v) is 7.04. The van der Waals surface area contributed by atoms with Gasteiger partial charge in [-0.25, -0.2) is 0 Å². The molecule has 0 radical (unpaired) electrons. The van der Waals surface area contributed by atoms with E-state index in [9.17, 15) is 19.5 Å². The van der Waals surface area contributed by atoms with E-state index in [1.165, 1.54) is 37.2 Å². The van der Waals surface area contributed by atoms with Crippen LogP contribution in [0.15, 0.2) is 115 Å². The molecule has 1 N–H and O–H groups in total. The van der Waals surface area contributed by atoms with Gasteiger partial charge in [-0.2, -0.15) is 14.9 Å². The van der Waals surface area contributed by atoms with Gasteiger partial charge in [0.15, 0.2) is 17.3 Å². The molecule has 4 rings (SSSR count). The SMILES string of the molecule is CC(=O)C(N=Nc1cccc(Cl)c1)=C(C)O.CC(=O)c1nn(-c2cccc(Cl)c2)c(=O)c(Sc2ccccc2)c1C. The summed E-state index contributed by atoms with van der Waals surface area (Å²) in [5, 5.41) is 22.0. The van der Waals surface area contributed by atoms with Crippen molar-refractivity contribution in [1.82, 2.24) is 9.78 Å². The molecular weight excluding hydrogens is 583 g/mol. The number of benzene rings is 3. The number of aliphatic hydroxyl groups excluding tert-OH is 1. The normalized spacial score (nSPS) is 11.5. The van der Waals surface area contributed by atoms with E-state index in [1.807, 2.05) is 30.3 Å². The third kappa shape index (κ3) is 8.72. The van der Waals surface area contributed by atoms with Gasteiger partial charge in [-0.1, -0.05) is 65.3 Å². The molecule has 0 bridgehead atoms. The minimum atomic E-state index is -0.342. The second kappa shape index (κ2) is 14.5. The maximum absolute atomic E-state index is 13.0. The van der Waals surface area contributed by atoms with Crippen LogP contribution in [-0.4, -0.2) is 26.5 Å². The van der Waals surface area contributed by atoms with Crippen LogP contribution in [0.1, 0.15) is 36.8 Å². The lowest BCUT2D eigenvalue weighted by Crippen LogP contribution is -2.26. The Hall–Kier alpha value is -4.05. The first-order chi connectivity index (χ1) is 19.5. The number of ketones is 2. The maximum Gasteiger partial charge on any atom is 0.285 e. The van der Waals surface area contributed by atoms with Crippen molar-refractivity contribution in [2.45, 2.75) is 37.5 Å². The quantitative estimate of drug-likeness (QED) is 0.0975. The summed E-state index contributed by atoms with van der Waals surface area (Å²) in [7, 11) is 0. The summed E-state index contributed by atoms with van der Waals surface area (Å²) in [6.07, 6.45) is 0. The summed E-state index contributed by atoms with van der Waals surface area (Å²) in [4.78, 5) is 37.5. The number of Topliss-reactive ketones (excluding diaryl/α,β-unsaturated/α-hetero) is 2. The number of nitrogens with zero attached hydrogens (tertiary/aromatic N) is 4. The van der Waals surface area contributed by atoms with Gasteiger partial charge in [0.25, 0.3) is 5.56 Å². The van der Waals surface area contributed by atoms with Crippen molar-refractivity contribution >= 4 is 52.2 Å². The summed E-state index contributed by atoms with van der Waals surface area (Å²) in [6.45, 7) is 5.89. The minimum Gasteiger partial charge on any atom is -0.510 e. The lowest BCUT2D eigenvalue weighted by Gasteiger charge is -2.13. The molecule has 41 heavy (non-hydrogen) atoms. The van der Waals surface area contributed by atoms with E-state index in [0.29, 0.717) is 31.9 Å². The molecule has 8 nitrogen and oxygen atoms in total. The smallest absolute Gasteiger partial charge is 0.285 e. The molecule has 3 aromatic carbocycles. The summed E-state index contributed by atoms with van der Waals surface area (Å²) < 4.78 is 1.24. The molecule has 0 aliphatic rings. The largest absolute Gasteiger partial charge is 0.510 e. The van der Waals surface area contributed by atoms with Gasteiger partial charge in [-0.3, -0.25) is 14.4 Å². The van der Waals surface area contributed by atoms with Crippen LogP contribution < -0.4 is 5.56 Å². The van der Waals surface area contributed by atoms with Gasteiger partial charge in [0.05, 0.1) is 16.3 Å². The van der Waals surface area contributed by atoms with Gasteiger partial charge in [0.2, 0.25) is 0 Å². The third-order valence-electron chi connectivity index (χ3n) is 5.38. The highest BCUT2D eigenvalue weighted by atomic mass is 35.5. The van der Waals surface area contributed by atoms with Crippen molar-refractivity contribution in [2.24, 2.45) is 10.2 Å². The molecule has 0 unspecified atom stereocenters. The molecule has 0 saturated carbocycles. The molecule has 0 fully saturated rings. The van der Waals surface area contributed by atoms with Crippen LogP contribution in [0.4, 0.5) is 5.69 Å². The van der Waals surface area contributed by atoms with Crippen molar-refractivity contribution in [3.63, 3.8) is 0 Å². The Bertz CT molecular complexity index is 1700. The van der Waals surface area contributed by atoms with Crippen LogP contribution in [0, 0.1) is 6.92 Å². The lowest BCUT2D eigenvalue weighted by atomic mass is 10.2. The van der Waals surface area contributed by atoms with E-state index in [2.05, 4.69) is 15.3 Å². The zero-order valence-electron chi connectivity index (χ0n) is 22.6. The Balaban J connectivity index is 0.000000250. The van der Waals surface area contributed by atoms with Crippen molar-refractivity contribution < 1.29 is 14.7 Å². The summed E-state index contributed by atoms with van der Waals surface area (Å²) in [6, 6.07) is 23.1. The van der Waals surface area contributed by atoms with E-state index in [4.69, 9.17) is 23.2 Å². The average Bonchev–Trinajstić information content (AvgIpc) is 2.91. The van der Waals surface area contributed by atoms with E-state index < -0.39 is 0 Å². The highest BCUT2D eigenvalue weighted by Gasteiger charge is 2.19. The summed E-state index contributed by atoms with van der Waals surface area (Å²) in [5.41, 5.74) is 1.57. The Kier molecular flexibility index (Phi) is 11.2. The summed E-state index contributed by atoms with van der Waals surface area (Å²) in [5.74, 6) is -0.688. The van der Waals surface area contributed by atoms with Crippen molar-refractivity contribution in [3.8, 4) is 5.69 Å². The Labute approximate surface area is 251 Å². The predicted molar refractivity (Wildman–Crippen MR) is 162 cm³/mol. The van der Waals surface area contributed by atoms with Crippen molar-refractivity contribution in [2.75, 3.05) is 0 Å². The molecular formula is C30H26Cl2N4O4S. The number of aromatic nitrogens is 2. The zero-order valence-corrected chi connectivity index (χ0v) is 25.0. The maximum atomic E-state index is 13.0. The Morgan fingerprint density at radius 2 is 1.54 bits per heavy atom. The fourth-order valence-electron chi connectivity index (χ4n) is 3.47. The van der Waals surface area contributed by atoms with E-state index in [0.717, 1.165) is 4.90 Å². The standard InChI is InChI=1S/C19H15ClN2O2S.C11H11ClN2O2/c1-12-17(13(2)23)21-22(15-8-6-7-14(20)11-15)19(24)18(12)25-16-9-4-3-5-10-16;1-7(15)11(8(2)16)14-13-10-5-3-4-9(12)6-10/h3-11H,1-2H3;3-6,15H,1-2H3. The highest BCUT2D eigenvalue weighted by molar-refractivity contribution is 7.99. The van der Waals surface area contributed by atoms with Gasteiger partial charge in [0.1, 0.15) is 11.5 Å². The van der Waals surface area contributed by atoms with Crippen molar-refractivity contribution in [3.05, 3.63) is 122 Å². The van der Waals surface area contributed by atoms with Gasteiger partial charge in [0, 0.05) is 28.8 Å². The second-order valence-corrected chi connectivity index (χ2v) is 10.6. The molecule has 1 heterocycles. The number of hydrogen-bond donors (Lipinski definition) is 1. The predicted octanol–water partition coefficient (Wildman–Crippen LogP) is 8.35. The monoisotopic (exact) mass is 608 g/mol. The first-order valence-corrected chi connectivity index (χ1v) is 13.8. The van der Waals surface area contributed by atoms with E-state index >= 15 is 0 Å². The van der Waals surface area contributed by atoms with E-state index in [1.54, 1.807) is 55.5 Å². The number of carbonyl (C=O) groups excluding carboxylic acids is 2. The molecule has 0 atom stereocenters. The van der Waals surface area contributed by atoms with Crippen LogP contribution in [0.5, 0.6) is 0 Å². The van der Waals surface area contributed by atoms with Gasteiger partial charge in [-0.15, -0.1) is 5.11 Å². The number of hydrogen-bond acceptors (Lipinski definition) is 8. The Morgan fingerprint density at radius 1 is 0.902 bits per heavy atom. The molecule has 0 aliphatic carbocycles. The first kappa shape index (κ1) is 31.5. The average molecular weight is 610 g/mol. The molecule has 0 aliphatic heterocycles. The Morgan fingerprint density at radius 3 is 2.10 bits per heavy atom. The summed E-state index contributed by atoms with van der Waals surface area (Å²) >= 11 is 13.1. The van der Waals surface area contributed by atoms with Gasteiger partial charge < -0.3 is 5.11 Å². The molecule has 4 aromatic rings. The van der Waals surface area contributed by atoms with Crippen LogP contribution in [0.3, 0.4) is 0 Å². The lowest BCUT2D eigenvalue weighted by molar-refractivity contribution is -0.113. The van der Waals surface area contributed by atoms with Gasteiger partial charge >= 0.3 is 0 Å². The molecule has 210 valence electrons. The van der Waals surface area contributed by atoms with E-state index in [-0.39, 0.29) is 34.3 Å². The molecule has 0 amide bonds. The van der Waals surface area contributed by atoms with Crippen LogP contribution in [0.2, 0.25) is 10.0 Å². The second-order valence-electron chi connectivity index (χ2n) is 8.64. The fraction of sp³-hybridized carbons (Fsp3) is 0.133. The number of halogens is 2. The van der Waals surface area contributed by atoms with Crippen LogP contribution in [0.25, 0.3) is 5.69 Å². The molecule has 1 aromatic heterocycles. The fourth-order valence-corrected chi connectivity index (χ4v) is 4.79. The molecule has 0 saturated heterocycles. The first-order valence-electron chi connectivity index (χ1n) is 12.2. The number of azo groups is 1. The number of rotatable bonds is 7. The highest BCUT2D eigenvalue weighted by Crippen LogP contribution is 2.29. The molecule has 0 spiro atoms. The number of allylic oxidation sites excluding steroid dienone is 2. The molecule has 11 heteroatoms. The number of aliphatic hydroxyl groups is 1. The minimum absolute atomic E-state index is 0.0556. The van der Waals surface area contributed by atoms with Crippen LogP contribution in [-0.2, 0) is 4.79 Å².